The van der Waals surface area contributed by atoms with Crippen LogP contribution in [0.1, 0.15) is 16.2 Å². The Morgan fingerprint density at radius 2 is 2.28 bits per heavy atom. The fourth-order valence-corrected chi connectivity index (χ4v) is 1.94. The van der Waals surface area contributed by atoms with Gasteiger partial charge in [-0.05, 0) is 13.0 Å². The normalized spacial score (nSPS) is 10.9. The molecule has 0 aliphatic heterocycles. The molecule has 0 spiro atoms. The molecule has 90 valence electrons. The van der Waals surface area contributed by atoms with Gasteiger partial charge in [0.2, 0.25) is 5.76 Å². The molecule has 0 unspecified atom stereocenters. The number of carboxylic acids is 1. The molecule has 0 bridgehead atoms. The van der Waals surface area contributed by atoms with Crippen molar-refractivity contribution in [2.45, 2.75) is 6.92 Å². The zero-order chi connectivity index (χ0) is 12.7. The predicted molar refractivity (Wildman–Crippen MR) is 63.3 cm³/mol. The van der Waals surface area contributed by atoms with E-state index in [-0.39, 0.29) is 5.76 Å². The lowest BCUT2D eigenvalue weighted by Gasteiger charge is -1.98. The molecule has 1 aromatic carbocycles. The highest BCUT2D eigenvalue weighted by Crippen LogP contribution is 2.29. The second kappa shape index (κ2) is 3.69. The summed E-state index contributed by atoms with van der Waals surface area (Å²) < 4.78 is 4.77. The van der Waals surface area contributed by atoms with Crippen LogP contribution in [0.5, 0.6) is 0 Å². The van der Waals surface area contributed by atoms with Crippen LogP contribution < -0.4 is 0 Å². The summed E-state index contributed by atoms with van der Waals surface area (Å²) in [6, 6.07) is 6.98. The summed E-state index contributed by atoms with van der Waals surface area (Å²) in [6.45, 7) is 1.90. The van der Waals surface area contributed by atoms with Gasteiger partial charge < -0.3 is 9.63 Å². The Balaban J connectivity index is 2.24. The number of aromatic carboxylic acids is 1. The Bertz CT molecular complexity index is 742. The molecule has 18 heavy (non-hydrogen) atoms. The van der Waals surface area contributed by atoms with Gasteiger partial charge in [0.1, 0.15) is 5.69 Å². The molecule has 0 saturated heterocycles. The van der Waals surface area contributed by atoms with Crippen molar-refractivity contribution in [1.82, 2.24) is 15.4 Å². The van der Waals surface area contributed by atoms with Crippen molar-refractivity contribution in [2.75, 3.05) is 0 Å². The minimum Gasteiger partial charge on any atom is -0.475 e. The molecule has 0 amide bonds. The third-order valence-corrected chi connectivity index (χ3v) is 2.76. The quantitative estimate of drug-likeness (QED) is 0.720. The maximum absolute atomic E-state index is 10.8. The number of carbonyl (C=O) groups is 1. The van der Waals surface area contributed by atoms with E-state index in [4.69, 9.17) is 9.63 Å². The first-order chi connectivity index (χ1) is 8.66. The van der Waals surface area contributed by atoms with Gasteiger partial charge in [0.15, 0.2) is 0 Å². The number of hydrogen-bond donors (Lipinski definition) is 2. The monoisotopic (exact) mass is 243 g/mol. The van der Waals surface area contributed by atoms with E-state index in [1.165, 1.54) is 6.07 Å². The Morgan fingerprint density at radius 1 is 1.44 bits per heavy atom. The van der Waals surface area contributed by atoms with E-state index < -0.39 is 5.97 Å². The van der Waals surface area contributed by atoms with Crippen molar-refractivity contribution in [2.24, 2.45) is 0 Å². The molecule has 0 saturated carbocycles. The van der Waals surface area contributed by atoms with Crippen LogP contribution in [0, 0.1) is 6.92 Å². The van der Waals surface area contributed by atoms with E-state index in [0.29, 0.717) is 5.69 Å². The molecule has 0 aliphatic rings. The highest BCUT2D eigenvalue weighted by molar-refractivity contribution is 5.96. The number of fused-ring (bicyclic) bond motifs is 1. The first kappa shape index (κ1) is 10.5. The van der Waals surface area contributed by atoms with Gasteiger partial charge in [-0.25, -0.2) is 4.79 Å². The Hall–Kier alpha value is -2.63. The largest absolute Gasteiger partial charge is 0.475 e. The van der Waals surface area contributed by atoms with Gasteiger partial charge in [-0.3, -0.25) is 5.10 Å². The van der Waals surface area contributed by atoms with Gasteiger partial charge in [0.25, 0.3) is 0 Å². The Kier molecular flexibility index (Phi) is 2.16. The van der Waals surface area contributed by atoms with Crippen molar-refractivity contribution in [3.63, 3.8) is 0 Å². The SMILES string of the molecule is Cc1[nH]nc2cccc(-c3cc(C(=O)O)on3)c12. The number of nitrogens with zero attached hydrogens (tertiary/aromatic N) is 2. The fourth-order valence-electron chi connectivity index (χ4n) is 1.94. The van der Waals surface area contributed by atoms with Gasteiger partial charge in [-0.15, -0.1) is 0 Å². The first-order valence-corrected chi connectivity index (χ1v) is 5.31. The lowest BCUT2D eigenvalue weighted by molar-refractivity contribution is 0.0652. The number of nitrogens with one attached hydrogen (secondary N) is 1. The standard InChI is InChI=1S/C12H9N3O3/c1-6-11-7(3-2-4-8(11)14-13-6)9-5-10(12(16)17)18-15-9/h2-5H,1H3,(H,13,14)(H,16,17). The molecule has 0 radical (unpaired) electrons. The van der Waals surface area contributed by atoms with Gasteiger partial charge >= 0.3 is 5.97 Å². The van der Waals surface area contributed by atoms with E-state index in [2.05, 4.69) is 15.4 Å². The van der Waals surface area contributed by atoms with Crippen molar-refractivity contribution >= 4 is 16.9 Å². The highest BCUT2D eigenvalue weighted by Gasteiger charge is 2.15. The van der Waals surface area contributed by atoms with Crippen LogP contribution in [0.25, 0.3) is 22.2 Å². The zero-order valence-corrected chi connectivity index (χ0v) is 9.47. The molecule has 2 aromatic heterocycles. The zero-order valence-electron chi connectivity index (χ0n) is 9.47. The summed E-state index contributed by atoms with van der Waals surface area (Å²) in [7, 11) is 0. The van der Waals surface area contributed by atoms with Crippen LogP contribution in [0.2, 0.25) is 0 Å². The number of benzene rings is 1. The summed E-state index contributed by atoms with van der Waals surface area (Å²) in [5.41, 5.74) is 3.00. The number of rotatable bonds is 2. The van der Waals surface area contributed by atoms with E-state index in [1.807, 2.05) is 25.1 Å². The molecule has 2 heterocycles. The van der Waals surface area contributed by atoms with Crippen LogP contribution in [0.15, 0.2) is 28.8 Å². The van der Waals surface area contributed by atoms with Gasteiger partial charge in [-0.2, -0.15) is 5.10 Å². The average molecular weight is 243 g/mol. The second-order valence-electron chi connectivity index (χ2n) is 3.93. The first-order valence-electron chi connectivity index (χ1n) is 5.31. The van der Waals surface area contributed by atoms with E-state index in [1.54, 1.807) is 0 Å². The van der Waals surface area contributed by atoms with Crippen molar-refractivity contribution in [1.29, 1.82) is 0 Å². The van der Waals surface area contributed by atoms with E-state index >= 15 is 0 Å². The molecule has 0 atom stereocenters. The number of aromatic nitrogens is 3. The molecule has 0 fully saturated rings. The lowest BCUT2D eigenvalue weighted by atomic mass is 10.1. The average Bonchev–Trinajstić information content (AvgIpc) is 2.96. The number of hydrogen-bond acceptors (Lipinski definition) is 4. The molecule has 2 N–H and O–H groups in total. The van der Waals surface area contributed by atoms with Crippen molar-refractivity contribution in [3.8, 4) is 11.3 Å². The molecule has 6 nitrogen and oxygen atoms in total. The third kappa shape index (κ3) is 1.46. The highest BCUT2D eigenvalue weighted by atomic mass is 16.5. The minimum atomic E-state index is -1.13. The summed E-state index contributed by atoms with van der Waals surface area (Å²) in [5.74, 6) is -1.31. The number of H-pyrrole nitrogens is 1. The number of aryl methyl sites for hydroxylation is 1. The molecule has 0 aliphatic carbocycles. The molecular formula is C12H9N3O3. The Morgan fingerprint density at radius 3 is 3.00 bits per heavy atom. The summed E-state index contributed by atoms with van der Waals surface area (Å²) in [4.78, 5) is 10.8. The van der Waals surface area contributed by atoms with Crippen LogP contribution in [-0.4, -0.2) is 26.4 Å². The van der Waals surface area contributed by atoms with Crippen molar-refractivity contribution in [3.05, 3.63) is 35.7 Å². The molecular weight excluding hydrogens is 234 g/mol. The maximum atomic E-state index is 10.8. The van der Waals surface area contributed by atoms with Crippen LogP contribution in [0.3, 0.4) is 0 Å². The smallest absolute Gasteiger partial charge is 0.374 e. The molecule has 6 heteroatoms. The van der Waals surface area contributed by atoms with Crippen LogP contribution in [-0.2, 0) is 0 Å². The second-order valence-corrected chi connectivity index (χ2v) is 3.93. The van der Waals surface area contributed by atoms with E-state index in [9.17, 15) is 4.79 Å². The topological polar surface area (TPSA) is 92.0 Å². The summed E-state index contributed by atoms with van der Waals surface area (Å²) in [5, 5.41) is 20.6. The van der Waals surface area contributed by atoms with Gasteiger partial charge in [-0.1, -0.05) is 17.3 Å². The van der Waals surface area contributed by atoms with E-state index in [0.717, 1.165) is 22.2 Å². The molecule has 3 rings (SSSR count). The number of carboxylic acid groups (broad SMARTS) is 1. The lowest BCUT2D eigenvalue weighted by Crippen LogP contribution is -1.91. The van der Waals surface area contributed by atoms with Crippen molar-refractivity contribution < 1.29 is 14.4 Å². The van der Waals surface area contributed by atoms with Crippen LogP contribution >= 0.6 is 0 Å². The summed E-state index contributed by atoms with van der Waals surface area (Å²) in [6.07, 6.45) is 0. The number of aromatic amines is 1. The Labute approximate surface area is 101 Å². The summed E-state index contributed by atoms with van der Waals surface area (Å²) >= 11 is 0. The fraction of sp³-hybridized carbons (Fsp3) is 0.0833. The molecule has 3 aromatic rings. The van der Waals surface area contributed by atoms with Gasteiger partial charge in [0.05, 0.1) is 5.52 Å². The predicted octanol–water partition coefficient (Wildman–Crippen LogP) is 2.22. The third-order valence-electron chi connectivity index (χ3n) is 2.76. The maximum Gasteiger partial charge on any atom is 0.374 e. The van der Waals surface area contributed by atoms with Crippen LogP contribution in [0.4, 0.5) is 0 Å². The minimum absolute atomic E-state index is 0.178. The van der Waals surface area contributed by atoms with Gasteiger partial charge in [0, 0.05) is 22.7 Å².